The molecule has 2 aliphatic carbocycles. The van der Waals surface area contributed by atoms with Gasteiger partial charge in [-0.05, 0) is 99.3 Å². The molecule has 3 aromatic rings. The summed E-state index contributed by atoms with van der Waals surface area (Å²) < 4.78 is 5.46. The largest absolute Gasteiger partial charge is 0.508 e. The minimum Gasteiger partial charge on any atom is -0.508 e. The van der Waals surface area contributed by atoms with Crippen molar-refractivity contribution in [3.05, 3.63) is 95.1 Å². The fraction of sp³-hybridized carbons (Fsp3) is 0.297. The number of anilines is 2. The molecule has 2 aliphatic heterocycles. The third-order valence-electron chi connectivity index (χ3n) is 10.3. The van der Waals surface area contributed by atoms with Gasteiger partial charge in [0.25, 0.3) is 0 Å². The van der Waals surface area contributed by atoms with Crippen LogP contribution in [0.5, 0.6) is 11.5 Å². The monoisotopic (exact) mass is 632 g/mol. The number of methoxy groups -OCH3 is 1. The van der Waals surface area contributed by atoms with E-state index in [1.165, 1.54) is 31.9 Å². The van der Waals surface area contributed by atoms with Crippen LogP contribution in [0, 0.1) is 29.6 Å². The van der Waals surface area contributed by atoms with E-state index in [0.717, 1.165) is 10.5 Å². The van der Waals surface area contributed by atoms with Crippen LogP contribution in [0.1, 0.15) is 58.9 Å². The lowest BCUT2D eigenvalue weighted by atomic mass is 9.57. The van der Waals surface area contributed by atoms with Gasteiger partial charge in [0, 0.05) is 22.6 Å². The number of benzene rings is 3. The van der Waals surface area contributed by atoms with Crippen molar-refractivity contribution >= 4 is 46.6 Å². The van der Waals surface area contributed by atoms with Crippen molar-refractivity contribution in [1.29, 1.82) is 0 Å². The van der Waals surface area contributed by atoms with Crippen LogP contribution in [0.15, 0.2) is 78.4 Å². The molecule has 7 rings (SSSR count). The molecular formula is C37H32N2O8. The van der Waals surface area contributed by atoms with Gasteiger partial charge in [-0.15, -0.1) is 0 Å². The Kier molecular flexibility index (Phi) is 7.18. The van der Waals surface area contributed by atoms with E-state index in [1.807, 2.05) is 6.08 Å². The van der Waals surface area contributed by atoms with E-state index in [1.54, 1.807) is 60.7 Å². The van der Waals surface area contributed by atoms with Crippen molar-refractivity contribution in [2.24, 2.45) is 29.6 Å². The first-order valence-corrected chi connectivity index (χ1v) is 15.6. The molecule has 10 nitrogen and oxygen atoms in total. The molecule has 4 aliphatic rings. The summed E-state index contributed by atoms with van der Waals surface area (Å²) in [7, 11) is 1.49. The normalized spacial score (nSPS) is 26.5. The molecule has 10 heteroatoms. The standard InChI is InChI=1S/C37H32N2O8/c1-18(40)20-4-8-22(9-5-20)38-34(43)26-14-13-25-27(32(26)36(38)45)17-29-33(31(25)28-16-24(47-3)12-15-30(28)42)37(46)39(35(29)44)23-10-6-21(7-11-23)19(2)41/h4-13,15-16,26-27,29,31-33,42H,14,17H2,1-3H3/t26-,27+,29+,31+,32-,33+/m0/s1. The number of nitrogens with zero attached hydrogens (tertiary/aromatic N) is 2. The van der Waals surface area contributed by atoms with Crippen molar-refractivity contribution < 1.29 is 38.6 Å². The lowest BCUT2D eigenvalue weighted by Crippen LogP contribution is -2.43. The van der Waals surface area contributed by atoms with Gasteiger partial charge in [0.2, 0.25) is 23.6 Å². The number of rotatable bonds is 6. The fourth-order valence-electron chi connectivity index (χ4n) is 8.04. The second kappa shape index (κ2) is 11.2. The molecular weight excluding hydrogens is 600 g/mol. The highest BCUT2D eigenvalue weighted by Gasteiger charge is 2.62. The molecule has 3 aromatic carbocycles. The number of allylic oxidation sites excluding steroid dienone is 2. The average Bonchev–Trinajstić information content (AvgIpc) is 3.47. The summed E-state index contributed by atoms with van der Waals surface area (Å²) in [6, 6.07) is 17.3. The number of hydrogen-bond acceptors (Lipinski definition) is 8. The Hall–Kier alpha value is -5.38. The van der Waals surface area contributed by atoms with Gasteiger partial charge >= 0.3 is 0 Å². The Bertz CT molecular complexity index is 1910. The summed E-state index contributed by atoms with van der Waals surface area (Å²) in [5.41, 5.74) is 2.73. The van der Waals surface area contributed by atoms with Crippen LogP contribution in [-0.2, 0) is 19.2 Å². The number of Topliss-reactive ketones (excluding diaryl/α,β-unsaturated/α-hetero) is 2. The molecule has 1 N–H and O–H groups in total. The highest BCUT2D eigenvalue weighted by molar-refractivity contribution is 6.24. The van der Waals surface area contributed by atoms with E-state index < -0.39 is 53.2 Å². The minimum atomic E-state index is -0.880. The lowest BCUT2D eigenvalue weighted by molar-refractivity contribution is -0.126. The Morgan fingerprint density at radius 2 is 1.23 bits per heavy atom. The van der Waals surface area contributed by atoms with Crippen LogP contribution < -0.4 is 14.5 Å². The first-order valence-electron chi connectivity index (χ1n) is 15.6. The zero-order valence-corrected chi connectivity index (χ0v) is 26.0. The maximum atomic E-state index is 14.3. The molecule has 47 heavy (non-hydrogen) atoms. The molecule has 3 fully saturated rings. The summed E-state index contributed by atoms with van der Waals surface area (Å²) in [6.07, 6.45) is 2.32. The SMILES string of the molecule is COc1ccc(O)c([C@H]2C3=CC[C@@H]4C(=O)N(c5ccc(C(C)=O)cc5)C(=O)[C@@H]4[C@@H]3C[C@H]3C(=O)N(c4ccc(C(C)=O)cc4)C(=O)[C@@H]23)c1. The van der Waals surface area contributed by atoms with E-state index >= 15 is 0 Å². The van der Waals surface area contributed by atoms with Gasteiger partial charge in [0.15, 0.2) is 11.6 Å². The van der Waals surface area contributed by atoms with Crippen LogP contribution in [0.3, 0.4) is 0 Å². The first-order chi connectivity index (χ1) is 22.5. The first kappa shape index (κ1) is 30.3. The van der Waals surface area contributed by atoms with Crippen LogP contribution in [0.4, 0.5) is 11.4 Å². The number of phenolic OH excluding ortho intramolecular Hbond substituents is 1. The maximum Gasteiger partial charge on any atom is 0.238 e. The van der Waals surface area contributed by atoms with Crippen LogP contribution in [0.25, 0.3) is 0 Å². The van der Waals surface area contributed by atoms with Crippen molar-refractivity contribution in [2.45, 2.75) is 32.6 Å². The quantitative estimate of drug-likeness (QED) is 0.231. The fourth-order valence-corrected chi connectivity index (χ4v) is 8.04. The number of carbonyl (C=O) groups is 6. The molecule has 0 spiro atoms. The Morgan fingerprint density at radius 3 is 1.77 bits per heavy atom. The van der Waals surface area contributed by atoms with Gasteiger partial charge in [0.05, 0.1) is 42.2 Å². The summed E-state index contributed by atoms with van der Waals surface area (Å²) in [5, 5.41) is 11.2. The summed E-state index contributed by atoms with van der Waals surface area (Å²) in [4.78, 5) is 82.5. The van der Waals surface area contributed by atoms with Gasteiger partial charge in [-0.1, -0.05) is 11.6 Å². The minimum absolute atomic E-state index is 0.0799. The van der Waals surface area contributed by atoms with Crippen LogP contribution in [-0.4, -0.2) is 47.4 Å². The molecule has 0 radical (unpaired) electrons. The topological polar surface area (TPSA) is 138 Å². The molecule has 238 valence electrons. The highest BCUT2D eigenvalue weighted by atomic mass is 16.5. The molecule has 2 heterocycles. The number of aromatic hydroxyl groups is 1. The Labute approximate surface area is 270 Å². The van der Waals surface area contributed by atoms with Crippen LogP contribution in [0.2, 0.25) is 0 Å². The van der Waals surface area contributed by atoms with E-state index in [2.05, 4.69) is 0 Å². The van der Waals surface area contributed by atoms with E-state index in [-0.39, 0.29) is 36.1 Å². The average molecular weight is 633 g/mol. The Balaban J connectivity index is 1.32. The molecule has 0 unspecified atom stereocenters. The van der Waals surface area contributed by atoms with Crippen molar-refractivity contribution in [1.82, 2.24) is 0 Å². The van der Waals surface area contributed by atoms with Crippen molar-refractivity contribution in [3.63, 3.8) is 0 Å². The predicted molar refractivity (Wildman–Crippen MR) is 170 cm³/mol. The lowest BCUT2D eigenvalue weighted by Gasteiger charge is -2.44. The number of ether oxygens (including phenoxy) is 1. The maximum absolute atomic E-state index is 14.3. The second-order valence-electron chi connectivity index (χ2n) is 12.7. The number of hydrogen-bond donors (Lipinski definition) is 1. The van der Waals surface area contributed by atoms with Gasteiger partial charge < -0.3 is 9.84 Å². The molecule has 6 atom stereocenters. The zero-order valence-electron chi connectivity index (χ0n) is 26.0. The van der Waals surface area contributed by atoms with Gasteiger partial charge in [-0.2, -0.15) is 0 Å². The molecule has 0 bridgehead atoms. The van der Waals surface area contributed by atoms with Crippen LogP contribution >= 0.6 is 0 Å². The number of carbonyl (C=O) groups excluding carboxylic acids is 6. The van der Waals surface area contributed by atoms with Gasteiger partial charge in [-0.25, -0.2) is 0 Å². The third-order valence-corrected chi connectivity index (χ3v) is 10.3. The van der Waals surface area contributed by atoms with E-state index in [0.29, 0.717) is 33.8 Å². The smallest absolute Gasteiger partial charge is 0.238 e. The summed E-state index contributed by atoms with van der Waals surface area (Å²) >= 11 is 0. The third kappa shape index (κ3) is 4.61. The number of fused-ring (bicyclic) bond motifs is 4. The number of imide groups is 2. The summed E-state index contributed by atoms with van der Waals surface area (Å²) in [6.45, 7) is 2.87. The van der Waals surface area contributed by atoms with E-state index in [4.69, 9.17) is 4.74 Å². The van der Waals surface area contributed by atoms with Crippen molar-refractivity contribution in [3.8, 4) is 11.5 Å². The molecule has 0 aromatic heterocycles. The van der Waals surface area contributed by atoms with Gasteiger partial charge in [0.1, 0.15) is 11.5 Å². The second-order valence-corrected chi connectivity index (χ2v) is 12.7. The predicted octanol–water partition coefficient (Wildman–Crippen LogP) is 4.85. The molecule has 4 amide bonds. The molecule has 1 saturated carbocycles. The van der Waals surface area contributed by atoms with Crippen molar-refractivity contribution in [2.75, 3.05) is 16.9 Å². The number of amides is 4. The summed E-state index contributed by atoms with van der Waals surface area (Å²) in [5.74, 6) is -6.02. The zero-order chi connectivity index (χ0) is 33.3. The van der Waals surface area contributed by atoms with E-state index in [9.17, 15) is 33.9 Å². The number of phenols is 1. The Morgan fingerprint density at radius 1 is 0.702 bits per heavy atom. The number of ketones is 2. The molecule has 2 saturated heterocycles. The highest BCUT2D eigenvalue weighted by Crippen LogP contribution is 2.59. The van der Waals surface area contributed by atoms with Gasteiger partial charge in [-0.3, -0.25) is 38.6 Å².